The van der Waals surface area contributed by atoms with Crippen LogP contribution in [-0.4, -0.2) is 15.0 Å². The van der Waals surface area contributed by atoms with Crippen LogP contribution in [0.1, 0.15) is 12.6 Å². The SMILES string of the molecule is CCc1cc(-c2ccccn2)cc(-c2ccccn2)n1. The van der Waals surface area contributed by atoms with Gasteiger partial charge in [-0.2, -0.15) is 0 Å². The van der Waals surface area contributed by atoms with E-state index in [0.717, 1.165) is 34.8 Å². The highest BCUT2D eigenvalue weighted by molar-refractivity contribution is 5.67. The van der Waals surface area contributed by atoms with Crippen LogP contribution in [0.4, 0.5) is 0 Å². The molecule has 0 spiro atoms. The smallest absolute Gasteiger partial charge is 0.0896 e. The Morgan fingerprint density at radius 1 is 0.800 bits per heavy atom. The van der Waals surface area contributed by atoms with E-state index in [0.29, 0.717) is 0 Å². The average Bonchev–Trinajstić information content (AvgIpc) is 2.56. The van der Waals surface area contributed by atoms with Gasteiger partial charge in [0.1, 0.15) is 0 Å². The molecular weight excluding hydrogens is 246 g/mol. The molecule has 0 unspecified atom stereocenters. The Morgan fingerprint density at radius 2 is 1.50 bits per heavy atom. The molecule has 0 saturated carbocycles. The Hall–Kier alpha value is -2.55. The molecule has 3 heterocycles. The normalized spacial score (nSPS) is 10.4. The Labute approximate surface area is 118 Å². The lowest BCUT2D eigenvalue weighted by atomic mass is 10.1. The van der Waals surface area contributed by atoms with Crippen molar-refractivity contribution in [2.24, 2.45) is 0 Å². The quantitative estimate of drug-likeness (QED) is 0.720. The molecule has 3 aromatic rings. The van der Waals surface area contributed by atoms with Gasteiger partial charge in [-0.3, -0.25) is 15.0 Å². The fraction of sp³-hybridized carbons (Fsp3) is 0.118. The number of aryl methyl sites for hydroxylation is 1. The molecular formula is C17H15N3. The van der Waals surface area contributed by atoms with Crippen molar-refractivity contribution in [2.75, 3.05) is 0 Å². The topological polar surface area (TPSA) is 38.7 Å². The molecule has 0 aromatic carbocycles. The first kappa shape index (κ1) is 12.5. The van der Waals surface area contributed by atoms with E-state index >= 15 is 0 Å². The summed E-state index contributed by atoms with van der Waals surface area (Å²) < 4.78 is 0. The number of hydrogen-bond donors (Lipinski definition) is 0. The number of nitrogens with zero attached hydrogens (tertiary/aromatic N) is 3. The van der Waals surface area contributed by atoms with Gasteiger partial charge in [-0.25, -0.2) is 0 Å². The minimum atomic E-state index is 0.889. The summed E-state index contributed by atoms with van der Waals surface area (Å²) in [5.74, 6) is 0. The first-order valence-electron chi connectivity index (χ1n) is 6.70. The first-order valence-corrected chi connectivity index (χ1v) is 6.70. The van der Waals surface area contributed by atoms with Crippen molar-refractivity contribution in [1.82, 2.24) is 15.0 Å². The Morgan fingerprint density at radius 3 is 2.10 bits per heavy atom. The second kappa shape index (κ2) is 5.61. The van der Waals surface area contributed by atoms with Gasteiger partial charge in [0, 0.05) is 23.7 Å². The molecule has 0 amide bonds. The van der Waals surface area contributed by atoms with Crippen LogP contribution in [0.15, 0.2) is 60.9 Å². The molecule has 0 aliphatic heterocycles. The van der Waals surface area contributed by atoms with E-state index < -0.39 is 0 Å². The minimum absolute atomic E-state index is 0.889. The summed E-state index contributed by atoms with van der Waals surface area (Å²) >= 11 is 0. The van der Waals surface area contributed by atoms with E-state index in [4.69, 9.17) is 0 Å². The predicted molar refractivity (Wildman–Crippen MR) is 80.1 cm³/mol. The van der Waals surface area contributed by atoms with Crippen molar-refractivity contribution in [1.29, 1.82) is 0 Å². The maximum Gasteiger partial charge on any atom is 0.0896 e. The third-order valence-corrected chi connectivity index (χ3v) is 3.13. The molecule has 0 atom stereocenters. The average molecular weight is 261 g/mol. The molecule has 3 heteroatoms. The van der Waals surface area contributed by atoms with E-state index in [1.807, 2.05) is 48.7 Å². The van der Waals surface area contributed by atoms with Crippen LogP contribution in [0.5, 0.6) is 0 Å². The number of aromatic nitrogens is 3. The van der Waals surface area contributed by atoms with Crippen LogP contribution in [0.2, 0.25) is 0 Å². The second-order valence-corrected chi connectivity index (χ2v) is 4.52. The summed E-state index contributed by atoms with van der Waals surface area (Å²) in [5.41, 5.74) is 4.87. The van der Waals surface area contributed by atoms with Crippen LogP contribution in [0, 0.1) is 0 Å². The maximum atomic E-state index is 4.66. The van der Waals surface area contributed by atoms with Gasteiger partial charge < -0.3 is 0 Å². The zero-order chi connectivity index (χ0) is 13.8. The molecule has 0 N–H and O–H groups in total. The second-order valence-electron chi connectivity index (χ2n) is 4.52. The van der Waals surface area contributed by atoms with Crippen molar-refractivity contribution < 1.29 is 0 Å². The van der Waals surface area contributed by atoms with E-state index in [1.54, 1.807) is 6.20 Å². The Bertz CT molecular complexity index is 636. The van der Waals surface area contributed by atoms with Crippen molar-refractivity contribution in [3.8, 4) is 22.6 Å². The summed E-state index contributed by atoms with van der Waals surface area (Å²) in [5, 5.41) is 0. The monoisotopic (exact) mass is 261 g/mol. The highest BCUT2D eigenvalue weighted by Crippen LogP contribution is 2.23. The van der Waals surface area contributed by atoms with Gasteiger partial charge >= 0.3 is 0 Å². The molecule has 0 bridgehead atoms. The number of pyridine rings is 3. The van der Waals surface area contributed by atoms with Crippen LogP contribution >= 0.6 is 0 Å². The number of rotatable bonds is 3. The van der Waals surface area contributed by atoms with Crippen LogP contribution in [0.25, 0.3) is 22.6 Å². The molecule has 98 valence electrons. The third kappa shape index (κ3) is 2.57. The standard InChI is InChI=1S/C17H15N3/c1-2-14-11-13(15-7-3-5-9-18-15)12-17(20-14)16-8-4-6-10-19-16/h3-12H,2H2,1H3. The first-order chi connectivity index (χ1) is 9.86. The van der Waals surface area contributed by atoms with E-state index in [1.165, 1.54) is 0 Å². The van der Waals surface area contributed by atoms with Crippen LogP contribution < -0.4 is 0 Å². The summed E-state index contributed by atoms with van der Waals surface area (Å²) in [7, 11) is 0. The van der Waals surface area contributed by atoms with Gasteiger partial charge in [0.25, 0.3) is 0 Å². The predicted octanol–water partition coefficient (Wildman–Crippen LogP) is 3.77. The maximum absolute atomic E-state index is 4.66. The summed E-state index contributed by atoms with van der Waals surface area (Å²) in [6.07, 6.45) is 4.48. The number of hydrogen-bond acceptors (Lipinski definition) is 3. The summed E-state index contributed by atoms with van der Waals surface area (Å²) in [4.78, 5) is 13.4. The van der Waals surface area contributed by atoms with Gasteiger partial charge in [0.2, 0.25) is 0 Å². The van der Waals surface area contributed by atoms with E-state index in [-0.39, 0.29) is 0 Å². The zero-order valence-electron chi connectivity index (χ0n) is 11.3. The van der Waals surface area contributed by atoms with Gasteiger partial charge in [0.15, 0.2) is 0 Å². The molecule has 0 radical (unpaired) electrons. The van der Waals surface area contributed by atoms with Crippen molar-refractivity contribution >= 4 is 0 Å². The third-order valence-electron chi connectivity index (χ3n) is 3.13. The molecule has 0 saturated heterocycles. The van der Waals surface area contributed by atoms with Crippen LogP contribution in [0.3, 0.4) is 0 Å². The molecule has 3 rings (SSSR count). The fourth-order valence-electron chi connectivity index (χ4n) is 2.10. The van der Waals surface area contributed by atoms with E-state index in [2.05, 4.69) is 27.9 Å². The lowest BCUT2D eigenvalue weighted by Crippen LogP contribution is -1.94. The lowest BCUT2D eigenvalue weighted by molar-refractivity contribution is 1.03. The van der Waals surface area contributed by atoms with Gasteiger partial charge in [-0.05, 0) is 42.8 Å². The van der Waals surface area contributed by atoms with E-state index in [9.17, 15) is 0 Å². The molecule has 20 heavy (non-hydrogen) atoms. The van der Waals surface area contributed by atoms with Crippen molar-refractivity contribution in [3.05, 3.63) is 66.6 Å². The van der Waals surface area contributed by atoms with Gasteiger partial charge in [0.05, 0.1) is 17.1 Å². The largest absolute Gasteiger partial charge is 0.256 e. The van der Waals surface area contributed by atoms with Gasteiger partial charge in [-0.1, -0.05) is 19.1 Å². The zero-order valence-corrected chi connectivity index (χ0v) is 11.3. The minimum Gasteiger partial charge on any atom is -0.256 e. The summed E-state index contributed by atoms with van der Waals surface area (Å²) in [6.45, 7) is 2.10. The molecule has 3 aromatic heterocycles. The lowest BCUT2D eigenvalue weighted by Gasteiger charge is -2.07. The van der Waals surface area contributed by atoms with Crippen LogP contribution in [-0.2, 0) is 6.42 Å². The van der Waals surface area contributed by atoms with Crippen molar-refractivity contribution in [2.45, 2.75) is 13.3 Å². The molecule has 0 aliphatic carbocycles. The summed E-state index contributed by atoms with van der Waals surface area (Å²) in [6, 6.07) is 15.9. The Kier molecular flexibility index (Phi) is 3.50. The Balaban J connectivity index is 2.13. The molecule has 0 aliphatic rings. The molecule has 0 fully saturated rings. The highest BCUT2D eigenvalue weighted by Gasteiger charge is 2.07. The fourth-order valence-corrected chi connectivity index (χ4v) is 2.10. The van der Waals surface area contributed by atoms with Crippen molar-refractivity contribution in [3.63, 3.8) is 0 Å². The molecule has 3 nitrogen and oxygen atoms in total. The highest BCUT2D eigenvalue weighted by atomic mass is 14.8. The van der Waals surface area contributed by atoms with Gasteiger partial charge in [-0.15, -0.1) is 0 Å².